The fraction of sp³-hybridized carbons (Fsp3) is 0.538. The molecule has 1 aliphatic carbocycles. The van der Waals surface area contributed by atoms with Crippen LogP contribution in [0.5, 0.6) is 5.75 Å². The zero-order valence-corrected chi connectivity index (χ0v) is 10.1. The fourth-order valence-corrected chi connectivity index (χ4v) is 1.94. The van der Waals surface area contributed by atoms with Gasteiger partial charge < -0.3 is 15.4 Å². The first-order valence-electron chi connectivity index (χ1n) is 5.80. The number of ether oxygens (including phenoxy) is 1. The van der Waals surface area contributed by atoms with Crippen molar-refractivity contribution in [2.24, 2.45) is 5.92 Å². The molecule has 0 atom stereocenters. The Balaban J connectivity index is 1.96. The Hall–Kier alpha value is -1.22. The van der Waals surface area contributed by atoms with Gasteiger partial charge in [0.05, 0.1) is 7.11 Å². The normalized spacial score (nSPS) is 15.4. The number of nitrogens with two attached hydrogens (primary N) is 1. The molecule has 3 nitrogen and oxygen atoms in total. The minimum absolute atomic E-state index is 0.821. The molecule has 0 radical (unpaired) electrons. The van der Waals surface area contributed by atoms with Gasteiger partial charge in [-0.25, -0.2) is 0 Å². The Bertz CT molecular complexity index is 361. The van der Waals surface area contributed by atoms with Gasteiger partial charge in [0.25, 0.3) is 0 Å². The first-order valence-corrected chi connectivity index (χ1v) is 5.80. The van der Waals surface area contributed by atoms with Gasteiger partial charge in [0.2, 0.25) is 0 Å². The van der Waals surface area contributed by atoms with E-state index in [0.717, 1.165) is 23.9 Å². The van der Waals surface area contributed by atoms with Crippen molar-refractivity contribution in [3.8, 4) is 5.75 Å². The molecule has 0 aliphatic heterocycles. The summed E-state index contributed by atoms with van der Waals surface area (Å²) in [6.45, 7) is 2.11. The van der Waals surface area contributed by atoms with Crippen molar-refractivity contribution in [1.29, 1.82) is 0 Å². The van der Waals surface area contributed by atoms with Crippen LogP contribution < -0.4 is 10.5 Å². The lowest BCUT2D eigenvalue weighted by atomic mass is 10.1. The van der Waals surface area contributed by atoms with E-state index in [9.17, 15) is 0 Å². The molecule has 16 heavy (non-hydrogen) atoms. The van der Waals surface area contributed by atoms with Crippen LogP contribution in [0.25, 0.3) is 0 Å². The van der Waals surface area contributed by atoms with E-state index in [1.54, 1.807) is 7.11 Å². The molecule has 88 valence electrons. The predicted molar refractivity (Wildman–Crippen MR) is 66.5 cm³/mol. The van der Waals surface area contributed by atoms with Gasteiger partial charge >= 0.3 is 0 Å². The topological polar surface area (TPSA) is 38.5 Å². The van der Waals surface area contributed by atoms with Crippen molar-refractivity contribution >= 4 is 5.69 Å². The van der Waals surface area contributed by atoms with Crippen molar-refractivity contribution in [1.82, 2.24) is 4.90 Å². The average Bonchev–Trinajstić information content (AvgIpc) is 3.05. The summed E-state index contributed by atoms with van der Waals surface area (Å²) >= 11 is 0. The van der Waals surface area contributed by atoms with Gasteiger partial charge in [-0.1, -0.05) is 6.07 Å². The zero-order valence-electron chi connectivity index (χ0n) is 10.1. The summed E-state index contributed by atoms with van der Waals surface area (Å²) in [7, 11) is 3.82. The van der Waals surface area contributed by atoms with Crippen molar-refractivity contribution in [3.63, 3.8) is 0 Å². The second kappa shape index (κ2) is 4.74. The number of nitrogens with zero attached hydrogens (tertiary/aromatic N) is 1. The summed E-state index contributed by atoms with van der Waals surface area (Å²) < 4.78 is 5.14. The highest BCUT2D eigenvalue weighted by molar-refractivity contribution is 5.51. The molecule has 2 N–H and O–H groups in total. The van der Waals surface area contributed by atoms with Gasteiger partial charge in [-0.2, -0.15) is 0 Å². The molecule has 2 rings (SSSR count). The van der Waals surface area contributed by atoms with Crippen LogP contribution in [0.15, 0.2) is 18.2 Å². The van der Waals surface area contributed by atoms with Gasteiger partial charge in [-0.05, 0) is 37.4 Å². The van der Waals surface area contributed by atoms with E-state index in [1.807, 2.05) is 12.1 Å². The predicted octanol–water partition coefficient (Wildman–Crippen LogP) is 2.12. The van der Waals surface area contributed by atoms with Crippen molar-refractivity contribution in [2.75, 3.05) is 26.4 Å². The number of benzene rings is 1. The second-order valence-corrected chi connectivity index (χ2v) is 4.70. The summed E-state index contributed by atoms with van der Waals surface area (Å²) in [6, 6.07) is 5.91. The van der Waals surface area contributed by atoms with Crippen LogP contribution in [0.1, 0.15) is 18.4 Å². The summed E-state index contributed by atoms with van der Waals surface area (Å²) in [5.74, 6) is 1.75. The van der Waals surface area contributed by atoms with Crippen LogP contribution in [0.2, 0.25) is 0 Å². The van der Waals surface area contributed by atoms with E-state index >= 15 is 0 Å². The maximum absolute atomic E-state index is 5.99. The number of anilines is 1. The van der Waals surface area contributed by atoms with E-state index in [0.29, 0.717) is 0 Å². The Morgan fingerprint density at radius 1 is 1.44 bits per heavy atom. The second-order valence-electron chi connectivity index (χ2n) is 4.70. The number of hydrogen-bond acceptors (Lipinski definition) is 3. The van der Waals surface area contributed by atoms with Crippen LogP contribution >= 0.6 is 0 Å². The van der Waals surface area contributed by atoms with Crippen LogP contribution in [0.4, 0.5) is 5.69 Å². The van der Waals surface area contributed by atoms with E-state index in [-0.39, 0.29) is 0 Å². The summed E-state index contributed by atoms with van der Waals surface area (Å²) in [5, 5.41) is 0. The number of methoxy groups -OCH3 is 1. The number of rotatable bonds is 5. The van der Waals surface area contributed by atoms with Gasteiger partial charge in [-0.3, -0.25) is 0 Å². The minimum atomic E-state index is 0.821. The van der Waals surface area contributed by atoms with Gasteiger partial charge in [0.1, 0.15) is 5.75 Å². The molecule has 0 aromatic heterocycles. The van der Waals surface area contributed by atoms with Crippen LogP contribution in [-0.4, -0.2) is 25.6 Å². The molecular formula is C13H20N2O. The standard InChI is InChI=1S/C13H20N2O/c1-15(8-10-3-4-10)9-11-5-6-12(16-2)7-13(11)14/h5-7,10H,3-4,8-9,14H2,1-2H3. The monoisotopic (exact) mass is 220 g/mol. The quantitative estimate of drug-likeness (QED) is 0.772. The average molecular weight is 220 g/mol. The van der Waals surface area contributed by atoms with E-state index in [2.05, 4.69) is 18.0 Å². The lowest BCUT2D eigenvalue weighted by Crippen LogP contribution is -2.21. The molecule has 0 amide bonds. The molecule has 0 spiro atoms. The molecular weight excluding hydrogens is 200 g/mol. The van der Waals surface area contributed by atoms with Gasteiger partial charge in [0, 0.05) is 24.8 Å². The smallest absolute Gasteiger partial charge is 0.120 e. The van der Waals surface area contributed by atoms with E-state index < -0.39 is 0 Å². The molecule has 1 aliphatic rings. The Labute approximate surface area is 97.2 Å². The molecule has 1 aromatic carbocycles. The molecule has 1 saturated carbocycles. The van der Waals surface area contributed by atoms with Crippen molar-refractivity contribution in [2.45, 2.75) is 19.4 Å². The molecule has 0 heterocycles. The highest BCUT2D eigenvalue weighted by atomic mass is 16.5. The molecule has 0 bridgehead atoms. The SMILES string of the molecule is COc1ccc(CN(C)CC2CC2)c(N)c1. The first kappa shape index (κ1) is 11.3. The number of hydrogen-bond donors (Lipinski definition) is 1. The Morgan fingerprint density at radius 2 is 2.19 bits per heavy atom. The molecule has 0 unspecified atom stereocenters. The third kappa shape index (κ3) is 2.89. The van der Waals surface area contributed by atoms with E-state index in [4.69, 9.17) is 10.5 Å². The Morgan fingerprint density at radius 3 is 2.75 bits per heavy atom. The first-order chi connectivity index (χ1) is 7.69. The Kier molecular flexibility index (Phi) is 3.34. The lowest BCUT2D eigenvalue weighted by Gasteiger charge is -2.17. The lowest BCUT2D eigenvalue weighted by molar-refractivity contribution is 0.313. The molecule has 1 aromatic rings. The zero-order chi connectivity index (χ0) is 11.5. The largest absolute Gasteiger partial charge is 0.497 e. The summed E-state index contributed by atoms with van der Waals surface area (Å²) in [6.07, 6.45) is 2.78. The van der Waals surface area contributed by atoms with Crippen LogP contribution in [0.3, 0.4) is 0 Å². The van der Waals surface area contributed by atoms with Crippen molar-refractivity contribution < 1.29 is 4.74 Å². The number of nitrogen functional groups attached to an aromatic ring is 1. The fourth-order valence-electron chi connectivity index (χ4n) is 1.94. The van der Waals surface area contributed by atoms with Crippen LogP contribution in [0, 0.1) is 5.92 Å². The van der Waals surface area contributed by atoms with Gasteiger partial charge in [-0.15, -0.1) is 0 Å². The maximum atomic E-state index is 5.99. The molecule has 0 saturated heterocycles. The van der Waals surface area contributed by atoms with Crippen LogP contribution in [-0.2, 0) is 6.54 Å². The highest BCUT2D eigenvalue weighted by Crippen LogP contribution is 2.30. The summed E-state index contributed by atoms with van der Waals surface area (Å²) in [5.41, 5.74) is 7.99. The maximum Gasteiger partial charge on any atom is 0.120 e. The van der Waals surface area contributed by atoms with E-state index in [1.165, 1.54) is 24.9 Å². The van der Waals surface area contributed by atoms with Crippen molar-refractivity contribution in [3.05, 3.63) is 23.8 Å². The summed E-state index contributed by atoms with van der Waals surface area (Å²) in [4.78, 5) is 2.34. The third-order valence-electron chi connectivity index (χ3n) is 3.06. The van der Waals surface area contributed by atoms with Gasteiger partial charge in [0.15, 0.2) is 0 Å². The third-order valence-corrected chi connectivity index (χ3v) is 3.06. The highest BCUT2D eigenvalue weighted by Gasteiger charge is 2.22. The molecule has 1 fully saturated rings. The molecule has 3 heteroatoms. The minimum Gasteiger partial charge on any atom is -0.497 e.